The van der Waals surface area contributed by atoms with Crippen molar-refractivity contribution in [2.45, 2.75) is 31.9 Å². The normalized spacial score (nSPS) is 19.9. The second-order valence-electron chi connectivity index (χ2n) is 6.62. The Balaban J connectivity index is 1.46. The third-order valence-corrected chi connectivity index (χ3v) is 4.79. The fraction of sp³-hybridized carbons (Fsp3) is 0.250. The molecule has 3 amide bonds. The third kappa shape index (κ3) is 3.29. The molecule has 2 fully saturated rings. The van der Waals surface area contributed by atoms with Crippen LogP contribution in [-0.4, -0.2) is 29.1 Å². The van der Waals surface area contributed by atoms with Crippen LogP contribution in [0.1, 0.15) is 25.7 Å². The summed E-state index contributed by atoms with van der Waals surface area (Å²) >= 11 is 0. The van der Waals surface area contributed by atoms with E-state index in [2.05, 4.69) is 5.32 Å². The second-order valence-corrected chi connectivity index (χ2v) is 6.62. The number of imide groups is 1. The summed E-state index contributed by atoms with van der Waals surface area (Å²) in [5.74, 6) is -0.422. The number of aliphatic hydroxyl groups excluding tert-OH is 1. The van der Waals surface area contributed by atoms with E-state index in [1.165, 1.54) is 9.80 Å². The molecular formula is C20H19N3O4. The highest BCUT2D eigenvalue weighted by atomic mass is 16.3. The number of rotatable bonds is 4. The van der Waals surface area contributed by atoms with E-state index < -0.39 is 6.23 Å². The molecule has 7 nitrogen and oxygen atoms in total. The van der Waals surface area contributed by atoms with Crippen LogP contribution < -0.4 is 15.1 Å². The van der Waals surface area contributed by atoms with Gasteiger partial charge in [-0.2, -0.15) is 0 Å². The lowest BCUT2D eigenvalue weighted by Crippen LogP contribution is -2.32. The van der Waals surface area contributed by atoms with Crippen molar-refractivity contribution in [3.05, 3.63) is 48.5 Å². The molecule has 0 bridgehead atoms. The number of carbonyl (C=O) groups is 3. The number of nitrogens with zero attached hydrogens (tertiary/aromatic N) is 2. The summed E-state index contributed by atoms with van der Waals surface area (Å²) in [6.45, 7) is 0. The minimum atomic E-state index is -0.764. The maximum Gasteiger partial charge on any atom is 0.234 e. The van der Waals surface area contributed by atoms with Crippen LogP contribution in [0.4, 0.5) is 22.7 Å². The molecule has 2 aromatic carbocycles. The SMILES string of the molecule is O=C1CCC(=O)N1c1ccc(Nc2ccc(N3C(=O)CCC3O)cc2)cc1. The average Bonchev–Trinajstić information content (AvgIpc) is 3.18. The van der Waals surface area contributed by atoms with Crippen molar-refractivity contribution in [2.24, 2.45) is 0 Å². The van der Waals surface area contributed by atoms with E-state index in [9.17, 15) is 19.5 Å². The van der Waals surface area contributed by atoms with Crippen molar-refractivity contribution in [1.82, 2.24) is 0 Å². The monoisotopic (exact) mass is 365 g/mol. The zero-order valence-electron chi connectivity index (χ0n) is 14.6. The number of amides is 3. The highest BCUT2D eigenvalue weighted by Crippen LogP contribution is 2.28. The van der Waals surface area contributed by atoms with Gasteiger partial charge in [-0.15, -0.1) is 0 Å². The summed E-state index contributed by atoms with van der Waals surface area (Å²) in [5.41, 5.74) is 2.87. The van der Waals surface area contributed by atoms with Crippen LogP contribution >= 0.6 is 0 Å². The Kier molecular flexibility index (Phi) is 4.37. The molecule has 2 aliphatic heterocycles. The highest BCUT2D eigenvalue weighted by Gasteiger charge is 2.31. The zero-order valence-corrected chi connectivity index (χ0v) is 14.6. The van der Waals surface area contributed by atoms with Gasteiger partial charge >= 0.3 is 0 Å². The van der Waals surface area contributed by atoms with Crippen LogP contribution in [0.15, 0.2) is 48.5 Å². The summed E-state index contributed by atoms with van der Waals surface area (Å²) in [6, 6.07) is 14.3. The number of carbonyl (C=O) groups excluding carboxylic acids is 3. The first-order valence-electron chi connectivity index (χ1n) is 8.86. The highest BCUT2D eigenvalue weighted by molar-refractivity contribution is 6.19. The van der Waals surface area contributed by atoms with Gasteiger partial charge in [-0.3, -0.25) is 24.2 Å². The van der Waals surface area contributed by atoms with Crippen LogP contribution in [-0.2, 0) is 14.4 Å². The molecule has 0 saturated carbocycles. The van der Waals surface area contributed by atoms with Gasteiger partial charge in [-0.1, -0.05) is 0 Å². The van der Waals surface area contributed by atoms with Crippen LogP contribution in [0.25, 0.3) is 0 Å². The van der Waals surface area contributed by atoms with Gasteiger partial charge in [0.05, 0.1) is 5.69 Å². The number of hydrogen-bond donors (Lipinski definition) is 2. The van der Waals surface area contributed by atoms with Gasteiger partial charge in [-0.05, 0) is 48.5 Å². The standard InChI is InChI=1S/C20H19N3O4/c24-17-9-10-18(25)22(17)15-5-1-13(2-6-15)21-14-3-7-16(8-4-14)23-19(26)11-12-20(23)27/h1-8,17,21,24H,9-12H2. The van der Waals surface area contributed by atoms with Crippen LogP contribution in [0, 0.1) is 0 Å². The van der Waals surface area contributed by atoms with E-state index in [1.54, 1.807) is 36.4 Å². The van der Waals surface area contributed by atoms with Crippen molar-refractivity contribution >= 4 is 40.5 Å². The van der Waals surface area contributed by atoms with Gasteiger partial charge < -0.3 is 10.4 Å². The van der Waals surface area contributed by atoms with E-state index in [4.69, 9.17) is 0 Å². The summed E-state index contributed by atoms with van der Waals surface area (Å²) in [5, 5.41) is 13.1. The molecular weight excluding hydrogens is 346 g/mol. The Bertz CT molecular complexity index is 876. The Labute approximate surface area is 156 Å². The molecule has 0 aromatic heterocycles. The van der Waals surface area contributed by atoms with Gasteiger partial charge in [0.25, 0.3) is 0 Å². The quantitative estimate of drug-likeness (QED) is 0.813. The predicted octanol–water partition coefficient (Wildman–Crippen LogP) is 2.53. The summed E-state index contributed by atoms with van der Waals surface area (Å²) in [6.07, 6.45) is 0.571. The van der Waals surface area contributed by atoms with Crippen LogP contribution in [0.5, 0.6) is 0 Å². The lowest BCUT2D eigenvalue weighted by atomic mass is 10.2. The summed E-state index contributed by atoms with van der Waals surface area (Å²) < 4.78 is 0. The minimum absolute atomic E-state index is 0.0789. The molecule has 0 radical (unpaired) electrons. The fourth-order valence-electron chi connectivity index (χ4n) is 3.41. The summed E-state index contributed by atoms with van der Waals surface area (Å²) in [7, 11) is 0. The topological polar surface area (TPSA) is 90.0 Å². The Morgan fingerprint density at radius 1 is 0.741 bits per heavy atom. The molecule has 27 heavy (non-hydrogen) atoms. The molecule has 0 aliphatic carbocycles. The molecule has 1 atom stereocenters. The van der Waals surface area contributed by atoms with Crippen molar-refractivity contribution in [2.75, 3.05) is 15.1 Å². The van der Waals surface area contributed by atoms with Crippen molar-refractivity contribution in [1.29, 1.82) is 0 Å². The molecule has 7 heteroatoms. The Morgan fingerprint density at radius 3 is 1.74 bits per heavy atom. The van der Waals surface area contributed by atoms with Gasteiger partial charge in [0.2, 0.25) is 17.7 Å². The smallest absolute Gasteiger partial charge is 0.234 e. The average molecular weight is 365 g/mol. The third-order valence-electron chi connectivity index (χ3n) is 4.79. The van der Waals surface area contributed by atoms with Gasteiger partial charge in [0.15, 0.2) is 0 Å². The van der Waals surface area contributed by atoms with Gasteiger partial charge in [-0.25, -0.2) is 0 Å². The summed E-state index contributed by atoms with van der Waals surface area (Å²) in [4.78, 5) is 38.1. The van der Waals surface area contributed by atoms with E-state index >= 15 is 0 Å². The fourth-order valence-corrected chi connectivity index (χ4v) is 3.41. The molecule has 138 valence electrons. The van der Waals surface area contributed by atoms with Gasteiger partial charge in [0, 0.05) is 42.7 Å². The number of nitrogens with one attached hydrogen (secondary N) is 1. The van der Waals surface area contributed by atoms with E-state index in [0.717, 1.165) is 11.4 Å². The van der Waals surface area contributed by atoms with E-state index in [-0.39, 0.29) is 30.6 Å². The molecule has 1 unspecified atom stereocenters. The van der Waals surface area contributed by atoms with Crippen LogP contribution in [0.3, 0.4) is 0 Å². The molecule has 4 rings (SSSR count). The first-order valence-corrected chi connectivity index (χ1v) is 8.86. The molecule has 2 aromatic rings. The predicted molar refractivity (Wildman–Crippen MR) is 101 cm³/mol. The lowest BCUT2D eigenvalue weighted by molar-refractivity contribution is -0.121. The van der Waals surface area contributed by atoms with Crippen molar-refractivity contribution in [3.8, 4) is 0 Å². The molecule has 2 saturated heterocycles. The first kappa shape index (κ1) is 17.2. The number of hydrogen-bond acceptors (Lipinski definition) is 5. The van der Waals surface area contributed by atoms with Crippen LogP contribution in [0.2, 0.25) is 0 Å². The molecule has 2 N–H and O–H groups in total. The largest absolute Gasteiger partial charge is 0.373 e. The number of aliphatic hydroxyl groups is 1. The maximum atomic E-state index is 11.8. The molecule has 2 aliphatic rings. The Morgan fingerprint density at radius 2 is 1.26 bits per heavy atom. The number of benzene rings is 2. The van der Waals surface area contributed by atoms with Crippen molar-refractivity contribution in [3.63, 3.8) is 0 Å². The Hall–Kier alpha value is -3.19. The second kappa shape index (κ2) is 6.85. The maximum absolute atomic E-state index is 11.8. The zero-order chi connectivity index (χ0) is 19.0. The molecule has 2 heterocycles. The van der Waals surface area contributed by atoms with Crippen molar-refractivity contribution < 1.29 is 19.5 Å². The number of anilines is 4. The van der Waals surface area contributed by atoms with E-state index in [0.29, 0.717) is 24.2 Å². The van der Waals surface area contributed by atoms with Gasteiger partial charge in [0.1, 0.15) is 6.23 Å². The molecule has 0 spiro atoms. The minimum Gasteiger partial charge on any atom is -0.373 e. The van der Waals surface area contributed by atoms with E-state index in [1.807, 2.05) is 12.1 Å². The first-order chi connectivity index (χ1) is 13.0. The lowest BCUT2D eigenvalue weighted by Gasteiger charge is -2.21.